The molecule has 0 N–H and O–H groups in total. The van der Waals surface area contributed by atoms with Crippen molar-refractivity contribution >= 4 is 0 Å². The highest BCUT2D eigenvalue weighted by molar-refractivity contribution is 5.28. The number of fused-ring (bicyclic) bond motifs is 1. The topological polar surface area (TPSA) is 12.5 Å². The van der Waals surface area contributed by atoms with Crippen LogP contribution in [-0.2, 0) is 17.7 Å². The van der Waals surface area contributed by atoms with Crippen LogP contribution in [0.2, 0.25) is 0 Å². The molecule has 2 nitrogen and oxygen atoms in total. The molecule has 0 saturated carbocycles. The Hall–Kier alpha value is -0.860. The van der Waals surface area contributed by atoms with Crippen molar-refractivity contribution in [3.05, 3.63) is 35.4 Å². The average molecular weight is 177 g/mol. The van der Waals surface area contributed by atoms with Gasteiger partial charge in [-0.25, -0.2) is 0 Å². The molecule has 0 amide bonds. The minimum atomic E-state index is 1.01. The van der Waals surface area contributed by atoms with Gasteiger partial charge in [0.2, 0.25) is 0 Å². The van der Waals surface area contributed by atoms with E-state index in [4.69, 9.17) is 4.84 Å². The summed E-state index contributed by atoms with van der Waals surface area (Å²) in [6.45, 7) is 2.01. The van der Waals surface area contributed by atoms with Gasteiger partial charge < -0.3 is 4.84 Å². The van der Waals surface area contributed by atoms with Gasteiger partial charge in [-0.05, 0) is 24.0 Å². The molecule has 1 aliphatic heterocycles. The van der Waals surface area contributed by atoms with E-state index in [0.717, 1.165) is 25.9 Å². The summed E-state index contributed by atoms with van der Waals surface area (Å²) in [4.78, 5) is 5.24. The number of nitrogens with zero attached hydrogens (tertiary/aromatic N) is 1. The van der Waals surface area contributed by atoms with Crippen molar-refractivity contribution in [3.8, 4) is 0 Å². The number of rotatable bonds is 1. The third kappa shape index (κ3) is 1.90. The molecule has 0 radical (unpaired) electrons. The fourth-order valence-electron chi connectivity index (χ4n) is 1.83. The number of hydrogen-bond donors (Lipinski definition) is 0. The largest absolute Gasteiger partial charge is 0.302 e. The molecule has 0 aliphatic carbocycles. The zero-order chi connectivity index (χ0) is 9.10. The van der Waals surface area contributed by atoms with Gasteiger partial charge in [0.25, 0.3) is 0 Å². The molecule has 1 heterocycles. The van der Waals surface area contributed by atoms with Crippen molar-refractivity contribution in [2.45, 2.75) is 12.8 Å². The SMILES string of the molecule is CON1CCc2ccccc2CC1. The Morgan fingerprint density at radius 3 is 2.08 bits per heavy atom. The van der Waals surface area contributed by atoms with Crippen LogP contribution in [-0.4, -0.2) is 25.3 Å². The first-order valence-corrected chi connectivity index (χ1v) is 4.76. The van der Waals surface area contributed by atoms with Crippen LogP contribution in [0.25, 0.3) is 0 Å². The van der Waals surface area contributed by atoms with Crippen molar-refractivity contribution in [2.75, 3.05) is 20.2 Å². The Morgan fingerprint density at radius 1 is 1.08 bits per heavy atom. The average Bonchev–Trinajstić information content (AvgIpc) is 2.39. The standard InChI is InChI=1S/C11H15NO/c1-13-12-8-6-10-4-2-3-5-11(10)7-9-12/h2-5H,6-9H2,1H3. The maximum atomic E-state index is 5.24. The predicted octanol–water partition coefficient (Wildman–Crippen LogP) is 1.65. The molecule has 0 saturated heterocycles. The van der Waals surface area contributed by atoms with Crippen LogP contribution in [0.15, 0.2) is 24.3 Å². The van der Waals surface area contributed by atoms with Crippen molar-refractivity contribution in [1.82, 2.24) is 5.06 Å². The Kier molecular flexibility index (Phi) is 2.62. The molecule has 0 bridgehead atoms. The minimum absolute atomic E-state index is 1.01. The van der Waals surface area contributed by atoms with Crippen molar-refractivity contribution in [1.29, 1.82) is 0 Å². The normalized spacial score (nSPS) is 17.9. The molecule has 0 unspecified atom stereocenters. The smallest absolute Gasteiger partial charge is 0.0575 e. The summed E-state index contributed by atoms with van der Waals surface area (Å²) < 4.78 is 0. The lowest BCUT2D eigenvalue weighted by Gasteiger charge is -2.15. The lowest BCUT2D eigenvalue weighted by molar-refractivity contribution is -0.127. The highest BCUT2D eigenvalue weighted by Crippen LogP contribution is 2.14. The first-order valence-electron chi connectivity index (χ1n) is 4.76. The molecular weight excluding hydrogens is 162 g/mol. The van der Waals surface area contributed by atoms with E-state index in [1.165, 1.54) is 11.1 Å². The van der Waals surface area contributed by atoms with Gasteiger partial charge in [-0.1, -0.05) is 24.3 Å². The third-order valence-electron chi connectivity index (χ3n) is 2.64. The van der Waals surface area contributed by atoms with Gasteiger partial charge >= 0.3 is 0 Å². The van der Waals surface area contributed by atoms with Crippen LogP contribution in [0.4, 0.5) is 0 Å². The maximum absolute atomic E-state index is 5.24. The molecule has 1 aliphatic rings. The van der Waals surface area contributed by atoms with Crippen molar-refractivity contribution < 1.29 is 4.84 Å². The van der Waals surface area contributed by atoms with Crippen LogP contribution in [0.1, 0.15) is 11.1 Å². The lowest BCUT2D eigenvalue weighted by Crippen LogP contribution is -2.24. The van der Waals surface area contributed by atoms with Crippen LogP contribution >= 0.6 is 0 Å². The summed E-state index contributed by atoms with van der Waals surface area (Å²) in [5.41, 5.74) is 2.95. The summed E-state index contributed by atoms with van der Waals surface area (Å²) >= 11 is 0. The number of hydroxylamine groups is 2. The van der Waals surface area contributed by atoms with E-state index in [9.17, 15) is 0 Å². The highest BCUT2D eigenvalue weighted by Gasteiger charge is 2.11. The maximum Gasteiger partial charge on any atom is 0.0575 e. The molecule has 2 heteroatoms. The summed E-state index contributed by atoms with van der Waals surface area (Å²) in [5.74, 6) is 0. The Labute approximate surface area is 79.1 Å². The number of benzene rings is 1. The van der Waals surface area contributed by atoms with Gasteiger partial charge in [-0.3, -0.25) is 0 Å². The molecule has 13 heavy (non-hydrogen) atoms. The summed E-state index contributed by atoms with van der Waals surface area (Å²) in [7, 11) is 1.75. The van der Waals surface area contributed by atoms with Gasteiger partial charge in [-0.2, -0.15) is 5.06 Å². The second-order valence-electron chi connectivity index (χ2n) is 3.38. The highest BCUT2D eigenvalue weighted by atomic mass is 16.7. The van der Waals surface area contributed by atoms with E-state index >= 15 is 0 Å². The second-order valence-corrected chi connectivity index (χ2v) is 3.38. The monoisotopic (exact) mass is 177 g/mol. The first kappa shape index (κ1) is 8.73. The molecule has 0 fully saturated rings. The fraction of sp³-hybridized carbons (Fsp3) is 0.455. The Balaban J connectivity index is 2.17. The fourth-order valence-corrected chi connectivity index (χ4v) is 1.83. The van der Waals surface area contributed by atoms with Gasteiger partial charge in [0.1, 0.15) is 0 Å². The van der Waals surface area contributed by atoms with Crippen LogP contribution < -0.4 is 0 Å². The molecule has 1 aromatic rings. The van der Waals surface area contributed by atoms with E-state index in [2.05, 4.69) is 24.3 Å². The molecule has 0 spiro atoms. The van der Waals surface area contributed by atoms with E-state index < -0.39 is 0 Å². The Morgan fingerprint density at radius 2 is 1.62 bits per heavy atom. The molecule has 70 valence electrons. The summed E-state index contributed by atoms with van der Waals surface area (Å²) in [6.07, 6.45) is 2.20. The molecular formula is C11H15NO. The van der Waals surface area contributed by atoms with Gasteiger partial charge in [-0.15, -0.1) is 0 Å². The van der Waals surface area contributed by atoms with Gasteiger partial charge in [0, 0.05) is 13.1 Å². The lowest BCUT2D eigenvalue weighted by atomic mass is 10.0. The second kappa shape index (κ2) is 3.90. The molecule has 0 atom stereocenters. The first-order chi connectivity index (χ1) is 6.40. The zero-order valence-corrected chi connectivity index (χ0v) is 7.99. The van der Waals surface area contributed by atoms with Crippen molar-refractivity contribution in [2.24, 2.45) is 0 Å². The number of hydrogen-bond acceptors (Lipinski definition) is 2. The van der Waals surface area contributed by atoms with Gasteiger partial charge in [0.05, 0.1) is 7.11 Å². The zero-order valence-electron chi connectivity index (χ0n) is 7.99. The summed E-state index contributed by atoms with van der Waals surface area (Å²) in [5, 5.41) is 2.03. The van der Waals surface area contributed by atoms with E-state index in [0.29, 0.717) is 0 Å². The van der Waals surface area contributed by atoms with Crippen molar-refractivity contribution in [3.63, 3.8) is 0 Å². The molecule has 2 rings (SSSR count). The molecule has 0 aromatic heterocycles. The third-order valence-corrected chi connectivity index (χ3v) is 2.64. The Bertz CT molecular complexity index is 258. The van der Waals surface area contributed by atoms with E-state index in [-0.39, 0.29) is 0 Å². The van der Waals surface area contributed by atoms with Crippen LogP contribution in [0, 0.1) is 0 Å². The predicted molar refractivity (Wildman–Crippen MR) is 52.4 cm³/mol. The van der Waals surface area contributed by atoms with Crippen LogP contribution in [0.3, 0.4) is 0 Å². The minimum Gasteiger partial charge on any atom is -0.302 e. The van der Waals surface area contributed by atoms with E-state index in [1.54, 1.807) is 7.11 Å². The van der Waals surface area contributed by atoms with Gasteiger partial charge in [0.15, 0.2) is 0 Å². The summed E-state index contributed by atoms with van der Waals surface area (Å²) in [6, 6.07) is 8.66. The van der Waals surface area contributed by atoms with Crippen LogP contribution in [0.5, 0.6) is 0 Å². The van der Waals surface area contributed by atoms with E-state index in [1.807, 2.05) is 5.06 Å². The molecule has 1 aromatic carbocycles. The quantitative estimate of drug-likeness (QED) is 0.646.